The van der Waals surface area contributed by atoms with Crippen molar-refractivity contribution >= 4 is 12.4 Å². The molecule has 1 aromatic rings. The molecule has 0 radical (unpaired) electrons. The normalized spacial score (nSPS) is 15.5. The first-order valence-electron chi connectivity index (χ1n) is 7.96. The lowest BCUT2D eigenvalue weighted by atomic mass is 10.1. The number of nitriles is 1. The summed E-state index contributed by atoms with van der Waals surface area (Å²) in [6.45, 7) is 6.59. The molecule has 1 aliphatic heterocycles. The number of rotatable bonds is 3. The van der Waals surface area contributed by atoms with E-state index in [2.05, 4.69) is 6.07 Å². The molecule has 1 amide bonds. The minimum atomic E-state index is -0.513. The smallest absolute Gasteiger partial charge is 0.410 e. The third kappa shape index (κ3) is 4.72. The van der Waals surface area contributed by atoms with E-state index in [0.717, 1.165) is 6.29 Å². The molecule has 0 saturated carbocycles. The SMILES string of the molecule is CC(C)(C)OC(=O)N1CCC(Oc2cc(C=O)ccc2C#N)CC1. The number of nitrogens with zero attached hydrogens (tertiary/aromatic N) is 2. The molecule has 0 atom stereocenters. The van der Waals surface area contributed by atoms with Crippen molar-refractivity contribution in [1.82, 2.24) is 4.90 Å². The fraction of sp³-hybridized carbons (Fsp3) is 0.500. The highest BCUT2D eigenvalue weighted by atomic mass is 16.6. The molecule has 6 heteroatoms. The molecule has 1 heterocycles. The number of carbonyl (C=O) groups is 2. The van der Waals surface area contributed by atoms with Crippen LogP contribution in [-0.2, 0) is 4.74 Å². The van der Waals surface area contributed by atoms with Crippen molar-refractivity contribution < 1.29 is 19.1 Å². The van der Waals surface area contributed by atoms with Gasteiger partial charge in [0.1, 0.15) is 29.8 Å². The second kappa shape index (κ2) is 7.35. The molecule has 0 bridgehead atoms. The predicted molar refractivity (Wildman–Crippen MR) is 88.0 cm³/mol. The van der Waals surface area contributed by atoms with Crippen molar-refractivity contribution in [3.8, 4) is 11.8 Å². The van der Waals surface area contributed by atoms with Crippen molar-refractivity contribution in [3.05, 3.63) is 29.3 Å². The number of hydrogen-bond acceptors (Lipinski definition) is 5. The van der Waals surface area contributed by atoms with Crippen molar-refractivity contribution in [3.63, 3.8) is 0 Å². The summed E-state index contributed by atoms with van der Waals surface area (Å²) in [5, 5.41) is 9.15. The molecule has 1 saturated heterocycles. The van der Waals surface area contributed by atoms with E-state index >= 15 is 0 Å². The highest BCUT2D eigenvalue weighted by Gasteiger charge is 2.28. The van der Waals surface area contributed by atoms with Gasteiger partial charge in [0.2, 0.25) is 0 Å². The molecule has 128 valence electrons. The molecule has 0 aliphatic carbocycles. The monoisotopic (exact) mass is 330 g/mol. The van der Waals surface area contributed by atoms with E-state index < -0.39 is 5.60 Å². The minimum absolute atomic E-state index is 0.0994. The van der Waals surface area contributed by atoms with Crippen LogP contribution in [0.3, 0.4) is 0 Å². The second-order valence-electron chi connectivity index (χ2n) is 6.77. The van der Waals surface area contributed by atoms with Gasteiger partial charge >= 0.3 is 6.09 Å². The summed E-state index contributed by atoms with van der Waals surface area (Å²) in [7, 11) is 0. The van der Waals surface area contributed by atoms with E-state index in [4.69, 9.17) is 14.7 Å². The Kier molecular flexibility index (Phi) is 5.45. The van der Waals surface area contributed by atoms with Crippen LogP contribution >= 0.6 is 0 Å². The van der Waals surface area contributed by atoms with Crippen LogP contribution in [0.5, 0.6) is 5.75 Å². The first-order valence-corrected chi connectivity index (χ1v) is 7.96. The van der Waals surface area contributed by atoms with Gasteiger partial charge in [-0.25, -0.2) is 4.79 Å². The number of benzene rings is 1. The first-order chi connectivity index (χ1) is 11.3. The zero-order chi connectivity index (χ0) is 17.7. The molecular weight excluding hydrogens is 308 g/mol. The average molecular weight is 330 g/mol. The maximum absolute atomic E-state index is 12.0. The first kappa shape index (κ1) is 17.8. The lowest BCUT2D eigenvalue weighted by Crippen LogP contribution is -2.44. The summed E-state index contributed by atoms with van der Waals surface area (Å²) in [5.74, 6) is 0.415. The molecule has 0 unspecified atom stereocenters. The third-order valence-electron chi connectivity index (χ3n) is 3.65. The number of carbonyl (C=O) groups excluding carboxylic acids is 2. The van der Waals surface area contributed by atoms with Gasteiger partial charge in [0.25, 0.3) is 0 Å². The van der Waals surface area contributed by atoms with Crippen LogP contribution in [0.1, 0.15) is 49.5 Å². The summed E-state index contributed by atoms with van der Waals surface area (Å²) in [6.07, 6.45) is 1.60. The molecule has 0 N–H and O–H groups in total. The summed E-state index contributed by atoms with van der Waals surface area (Å²) < 4.78 is 11.3. The molecule has 1 aliphatic rings. The number of aldehydes is 1. The summed E-state index contributed by atoms with van der Waals surface area (Å²) in [4.78, 5) is 24.6. The number of amides is 1. The summed E-state index contributed by atoms with van der Waals surface area (Å²) in [5.41, 5.74) is 0.354. The Labute approximate surface area is 142 Å². The van der Waals surface area contributed by atoms with Gasteiger partial charge in [-0.05, 0) is 32.9 Å². The van der Waals surface area contributed by atoms with Gasteiger partial charge in [-0.2, -0.15) is 5.26 Å². The average Bonchev–Trinajstić information content (AvgIpc) is 2.53. The summed E-state index contributed by atoms with van der Waals surface area (Å²) in [6, 6.07) is 6.80. The number of piperidine rings is 1. The van der Waals surface area contributed by atoms with Crippen LogP contribution in [-0.4, -0.2) is 42.1 Å². The molecule has 0 spiro atoms. The van der Waals surface area contributed by atoms with Crippen molar-refractivity contribution in [2.45, 2.75) is 45.3 Å². The van der Waals surface area contributed by atoms with E-state index in [1.165, 1.54) is 0 Å². The Morgan fingerprint density at radius 1 is 1.33 bits per heavy atom. The van der Waals surface area contributed by atoms with Crippen molar-refractivity contribution in [1.29, 1.82) is 5.26 Å². The zero-order valence-corrected chi connectivity index (χ0v) is 14.2. The number of hydrogen-bond donors (Lipinski definition) is 0. The minimum Gasteiger partial charge on any atom is -0.489 e. The maximum Gasteiger partial charge on any atom is 0.410 e. The predicted octanol–water partition coefficient (Wildman–Crippen LogP) is 3.15. The van der Waals surface area contributed by atoms with Crippen LogP contribution < -0.4 is 4.74 Å². The highest BCUT2D eigenvalue weighted by Crippen LogP contribution is 2.24. The van der Waals surface area contributed by atoms with Gasteiger partial charge < -0.3 is 14.4 Å². The zero-order valence-electron chi connectivity index (χ0n) is 14.2. The van der Waals surface area contributed by atoms with E-state index in [1.807, 2.05) is 20.8 Å². The molecule has 0 aromatic heterocycles. The fourth-order valence-corrected chi connectivity index (χ4v) is 2.46. The Morgan fingerprint density at radius 2 is 2.00 bits per heavy atom. The topological polar surface area (TPSA) is 79.6 Å². The third-order valence-corrected chi connectivity index (χ3v) is 3.65. The van der Waals surface area contributed by atoms with E-state index in [0.29, 0.717) is 42.8 Å². The van der Waals surface area contributed by atoms with Crippen LogP contribution in [0.4, 0.5) is 4.79 Å². The maximum atomic E-state index is 12.0. The van der Waals surface area contributed by atoms with E-state index in [-0.39, 0.29) is 12.2 Å². The van der Waals surface area contributed by atoms with Crippen LogP contribution in [0.15, 0.2) is 18.2 Å². The van der Waals surface area contributed by atoms with Crippen molar-refractivity contribution in [2.24, 2.45) is 0 Å². The molecule has 1 fully saturated rings. The van der Waals surface area contributed by atoms with Gasteiger partial charge in [-0.1, -0.05) is 6.07 Å². The van der Waals surface area contributed by atoms with Crippen LogP contribution in [0, 0.1) is 11.3 Å². The van der Waals surface area contributed by atoms with Gasteiger partial charge in [-0.3, -0.25) is 4.79 Å². The van der Waals surface area contributed by atoms with E-state index in [9.17, 15) is 9.59 Å². The van der Waals surface area contributed by atoms with Gasteiger partial charge in [0.05, 0.1) is 5.56 Å². The highest BCUT2D eigenvalue weighted by molar-refractivity contribution is 5.76. The lowest BCUT2D eigenvalue weighted by Gasteiger charge is -2.33. The second-order valence-corrected chi connectivity index (χ2v) is 6.77. The molecule has 24 heavy (non-hydrogen) atoms. The van der Waals surface area contributed by atoms with Gasteiger partial charge in [0, 0.05) is 31.5 Å². The molecular formula is C18H22N2O4. The molecule has 6 nitrogen and oxygen atoms in total. The quantitative estimate of drug-likeness (QED) is 0.795. The van der Waals surface area contributed by atoms with Crippen LogP contribution in [0.25, 0.3) is 0 Å². The largest absolute Gasteiger partial charge is 0.489 e. The molecule has 1 aromatic carbocycles. The Bertz CT molecular complexity index is 650. The van der Waals surface area contributed by atoms with Gasteiger partial charge in [0.15, 0.2) is 0 Å². The fourth-order valence-electron chi connectivity index (χ4n) is 2.46. The Morgan fingerprint density at radius 3 is 2.54 bits per heavy atom. The molecule has 2 rings (SSSR count). The van der Waals surface area contributed by atoms with E-state index in [1.54, 1.807) is 23.1 Å². The van der Waals surface area contributed by atoms with Crippen molar-refractivity contribution in [2.75, 3.05) is 13.1 Å². The summed E-state index contributed by atoms with van der Waals surface area (Å²) >= 11 is 0. The standard InChI is InChI=1S/C18H22N2O4/c1-18(2,3)24-17(22)20-8-6-15(7-9-20)23-16-10-13(12-21)4-5-14(16)11-19/h4-5,10,12,15H,6-9H2,1-3H3. The Balaban J connectivity index is 1.95. The lowest BCUT2D eigenvalue weighted by molar-refractivity contribution is 0.0126. The number of ether oxygens (including phenoxy) is 2. The number of likely N-dealkylation sites (tertiary alicyclic amines) is 1. The van der Waals surface area contributed by atoms with Crippen LogP contribution in [0.2, 0.25) is 0 Å². The Hall–Kier alpha value is -2.55. The van der Waals surface area contributed by atoms with Gasteiger partial charge in [-0.15, -0.1) is 0 Å².